The first kappa shape index (κ1) is 30.6. The average Bonchev–Trinajstić information content (AvgIpc) is 2.56. The largest absolute Gasteiger partial charge is 0.431 e. The Kier molecular flexibility index (Phi) is 8.06. The summed E-state index contributed by atoms with van der Waals surface area (Å²) in [6, 6.07) is 0. The van der Waals surface area contributed by atoms with Crippen molar-refractivity contribution < 1.29 is 87.8 Å². The van der Waals surface area contributed by atoms with Gasteiger partial charge in [-0.05, 0) is 0 Å². The highest BCUT2D eigenvalue weighted by Crippen LogP contribution is 2.58. The fourth-order valence-corrected chi connectivity index (χ4v) is 1.98. The minimum Gasteiger partial charge on any atom is -0.236 e. The summed E-state index contributed by atoms with van der Waals surface area (Å²) in [6.45, 7) is 0. The molecule has 0 aromatic heterocycles. The minimum atomic E-state index is -7.83. The molecule has 3 unspecified atom stereocenters. The molecule has 0 bridgehead atoms. The van der Waals surface area contributed by atoms with Crippen LogP contribution in [0.4, 0.5) is 87.8 Å². The van der Waals surface area contributed by atoms with Crippen LogP contribution in [0.5, 0.6) is 0 Å². The van der Waals surface area contributed by atoms with Crippen LogP contribution in [0.3, 0.4) is 0 Å². The lowest BCUT2D eigenvalue weighted by atomic mass is 9.83. The molecule has 0 spiro atoms. The van der Waals surface area contributed by atoms with Crippen LogP contribution in [-0.2, 0) is 0 Å². The second-order valence-electron chi connectivity index (χ2n) is 6.09. The maximum atomic E-state index is 13.8. The van der Waals surface area contributed by atoms with Crippen molar-refractivity contribution in [3.05, 3.63) is 0 Å². The normalized spacial score (nSPS) is 19.3. The molecular formula is C12H6F20. The Balaban J connectivity index is 6.56. The van der Waals surface area contributed by atoms with Crippen molar-refractivity contribution in [3.8, 4) is 0 Å². The van der Waals surface area contributed by atoms with Gasteiger partial charge in [0.25, 0.3) is 5.92 Å². The summed E-state index contributed by atoms with van der Waals surface area (Å²) >= 11 is 0. The van der Waals surface area contributed by atoms with Crippen LogP contribution in [0, 0.1) is 0 Å². The molecule has 0 nitrogen and oxygen atoms in total. The van der Waals surface area contributed by atoms with Crippen LogP contribution in [0.1, 0.15) is 6.42 Å². The van der Waals surface area contributed by atoms with Crippen LogP contribution < -0.4 is 0 Å². The third kappa shape index (κ3) is 4.77. The molecule has 0 aromatic rings. The molecule has 0 amide bonds. The van der Waals surface area contributed by atoms with Crippen molar-refractivity contribution in [1.29, 1.82) is 0 Å². The molecule has 0 aliphatic heterocycles. The highest BCUT2D eigenvalue weighted by Gasteiger charge is 2.84. The molecule has 3 atom stereocenters. The molecule has 0 radical (unpaired) electrons. The molecule has 0 saturated heterocycles. The number of hydrogen-bond donors (Lipinski definition) is 0. The van der Waals surface area contributed by atoms with Gasteiger partial charge in [0.1, 0.15) is 0 Å². The number of rotatable bonds is 10. The van der Waals surface area contributed by atoms with E-state index in [0.717, 1.165) is 0 Å². The number of halogens is 20. The Labute approximate surface area is 162 Å². The van der Waals surface area contributed by atoms with E-state index in [4.69, 9.17) is 0 Å². The van der Waals surface area contributed by atoms with Crippen LogP contribution in [0.25, 0.3) is 0 Å². The van der Waals surface area contributed by atoms with Crippen molar-refractivity contribution in [2.45, 2.75) is 73.1 Å². The van der Waals surface area contributed by atoms with Gasteiger partial charge in [-0.2, -0.15) is 48.3 Å². The lowest BCUT2D eigenvalue weighted by Gasteiger charge is -2.41. The molecule has 20 heteroatoms. The summed E-state index contributed by atoms with van der Waals surface area (Å²) in [5.41, 5.74) is -7.81. The van der Waals surface area contributed by atoms with E-state index in [0.29, 0.717) is 0 Å². The second-order valence-corrected chi connectivity index (χ2v) is 6.09. The van der Waals surface area contributed by atoms with Gasteiger partial charge in [0.15, 0.2) is 0 Å². The highest BCUT2D eigenvalue weighted by molar-refractivity contribution is 5.12. The minimum absolute atomic E-state index is 4.91. The molecule has 0 aliphatic rings. The Morgan fingerprint density at radius 3 is 1.03 bits per heavy atom. The second kappa shape index (κ2) is 8.43. The summed E-state index contributed by atoms with van der Waals surface area (Å²) in [6.07, 6.45) is -36.6. The van der Waals surface area contributed by atoms with E-state index in [1.54, 1.807) is 0 Å². The number of alkyl halides is 20. The van der Waals surface area contributed by atoms with Crippen LogP contribution in [-0.4, -0.2) is 66.7 Å². The standard InChI is InChI=1S/C12H6F20/c13-2(8(23,24)4(15)16)10(27,12(30,31)32)6(19,20)1-7(21,22)11(28,29)3(14)9(25,26)5(17)18/h2-5H,1H2. The van der Waals surface area contributed by atoms with Crippen molar-refractivity contribution in [3.63, 3.8) is 0 Å². The first-order valence-corrected chi connectivity index (χ1v) is 7.14. The van der Waals surface area contributed by atoms with E-state index in [1.807, 2.05) is 0 Å². The van der Waals surface area contributed by atoms with Crippen molar-refractivity contribution >= 4 is 0 Å². The smallest absolute Gasteiger partial charge is 0.236 e. The summed E-state index contributed by atoms with van der Waals surface area (Å²) in [4.78, 5) is 0. The summed E-state index contributed by atoms with van der Waals surface area (Å²) < 4.78 is 256. The third-order valence-electron chi connectivity index (χ3n) is 3.80. The van der Waals surface area contributed by atoms with Crippen LogP contribution in [0.15, 0.2) is 0 Å². The van der Waals surface area contributed by atoms with Crippen LogP contribution >= 0.6 is 0 Å². The van der Waals surface area contributed by atoms with E-state index < -0.39 is 73.1 Å². The molecule has 0 aromatic carbocycles. The molecule has 0 saturated carbocycles. The predicted molar refractivity (Wildman–Crippen MR) is 61.0 cm³/mol. The Hall–Kier alpha value is -1.40. The topological polar surface area (TPSA) is 0 Å². The Morgan fingerprint density at radius 2 is 0.750 bits per heavy atom. The van der Waals surface area contributed by atoms with Crippen molar-refractivity contribution in [2.75, 3.05) is 0 Å². The molecule has 32 heavy (non-hydrogen) atoms. The summed E-state index contributed by atoms with van der Waals surface area (Å²) in [7, 11) is 0. The monoisotopic (exact) mass is 530 g/mol. The van der Waals surface area contributed by atoms with E-state index in [2.05, 4.69) is 0 Å². The maximum Gasteiger partial charge on any atom is 0.431 e. The van der Waals surface area contributed by atoms with Gasteiger partial charge in [-0.1, -0.05) is 0 Å². The average molecular weight is 530 g/mol. The first-order valence-electron chi connectivity index (χ1n) is 7.14. The van der Waals surface area contributed by atoms with Gasteiger partial charge in [-0.25, -0.2) is 39.5 Å². The molecular weight excluding hydrogens is 524 g/mol. The lowest BCUT2D eigenvalue weighted by molar-refractivity contribution is -0.369. The first-order chi connectivity index (χ1) is 13.7. The van der Waals surface area contributed by atoms with Gasteiger partial charge in [0.2, 0.25) is 12.3 Å². The summed E-state index contributed by atoms with van der Waals surface area (Å²) in [5, 5.41) is 0. The SMILES string of the molecule is FC(F)C(F)(F)C(F)C(F)(F)C(F)(F)CC(F)(F)C(F)(C(F)C(F)(F)C(F)F)C(F)(F)F. The van der Waals surface area contributed by atoms with E-state index >= 15 is 0 Å². The lowest BCUT2D eigenvalue weighted by Crippen LogP contribution is -2.69. The van der Waals surface area contributed by atoms with Gasteiger partial charge in [-0.15, -0.1) is 0 Å². The van der Waals surface area contributed by atoms with Gasteiger partial charge >= 0.3 is 48.4 Å². The van der Waals surface area contributed by atoms with Crippen molar-refractivity contribution in [1.82, 2.24) is 0 Å². The zero-order valence-electron chi connectivity index (χ0n) is 14.1. The van der Waals surface area contributed by atoms with Crippen LogP contribution in [0.2, 0.25) is 0 Å². The Bertz CT molecular complexity index is 633. The molecule has 0 fully saturated rings. The van der Waals surface area contributed by atoms with Gasteiger partial charge in [-0.3, -0.25) is 0 Å². The molecule has 0 N–H and O–H groups in total. The third-order valence-corrected chi connectivity index (χ3v) is 3.80. The fraction of sp³-hybridized carbons (Fsp3) is 1.00. The highest BCUT2D eigenvalue weighted by atomic mass is 19.4. The quantitative estimate of drug-likeness (QED) is 0.266. The molecule has 0 heterocycles. The molecule has 194 valence electrons. The zero-order valence-corrected chi connectivity index (χ0v) is 14.1. The van der Waals surface area contributed by atoms with E-state index in [1.165, 1.54) is 0 Å². The maximum absolute atomic E-state index is 13.8. The number of hydrogen-bond acceptors (Lipinski definition) is 0. The van der Waals surface area contributed by atoms with E-state index in [9.17, 15) is 87.8 Å². The predicted octanol–water partition coefficient (Wildman–Crippen LogP) is 7.03. The summed E-state index contributed by atoms with van der Waals surface area (Å²) in [5.74, 6) is -36.3. The molecule has 0 aliphatic carbocycles. The van der Waals surface area contributed by atoms with Gasteiger partial charge < -0.3 is 0 Å². The van der Waals surface area contributed by atoms with Gasteiger partial charge in [0, 0.05) is 0 Å². The van der Waals surface area contributed by atoms with Crippen molar-refractivity contribution in [2.24, 2.45) is 0 Å². The zero-order chi connectivity index (χ0) is 26.5. The fourth-order valence-electron chi connectivity index (χ4n) is 1.98. The van der Waals surface area contributed by atoms with Gasteiger partial charge in [0.05, 0.1) is 6.42 Å². The Morgan fingerprint density at radius 1 is 0.438 bits per heavy atom. The van der Waals surface area contributed by atoms with E-state index in [-0.39, 0.29) is 0 Å². The molecule has 0 rings (SSSR count).